The predicted molar refractivity (Wildman–Crippen MR) is 100 cm³/mol. The van der Waals surface area contributed by atoms with Gasteiger partial charge in [0, 0.05) is 26.4 Å². The van der Waals surface area contributed by atoms with Crippen LogP contribution in [0.3, 0.4) is 0 Å². The fraction of sp³-hybridized carbons (Fsp3) is 0.263. The number of carbonyl (C=O) groups excluding carboxylic acids is 2. The summed E-state index contributed by atoms with van der Waals surface area (Å²) < 4.78 is 5.05. The Morgan fingerprint density at radius 2 is 2.04 bits per heavy atom. The van der Waals surface area contributed by atoms with Crippen LogP contribution < -0.4 is 5.32 Å². The van der Waals surface area contributed by atoms with Crippen molar-refractivity contribution in [1.29, 1.82) is 0 Å². The van der Waals surface area contributed by atoms with Crippen LogP contribution in [0, 0.1) is 5.92 Å². The summed E-state index contributed by atoms with van der Waals surface area (Å²) in [5.74, 6) is -0.201. The molecule has 1 amide bonds. The zero-order valence-corrected chi connectivity index (χ0v) is 15.1. The molecule has 0 saturated heterocycles. The molecule has 2 aromatic rings. The van der Waals surface area contributed by atoms with Crippen LogP contribution in [0.5, 0.6) is 0 Å². The molecule has 1 fully saturated rings. The minimum absolute atomic E-state index is 0.106. The number of rotatable bonds is 7. The van der Waals surface area contributed by atoms with Crippen molar-refractivity contribution in [2.24, 2.45) is 5.92 Å². The molecule has 6 heteroatoms. The molecule has 1 aromatic carbocycles. The summed E-state index contributed by atoms with van der Waals surface area (Å²) in [6, 6.07) is 11.5. The van der Waals surface area contributed by atoms with E-state index in [-0.39, 0.29) is 12.5 Å². The minimum Gasteiger partial charge on any atom is -0.464 e. The molecule has 4 nitrogen and oxygen atoms in total. The number of hydrogen-bond acceptors (Lipinski definition) is 4. The lowest BCUT2D eigenvalue weighted by Crippen LogP contribution is -2.29. The molecule has 1 saturated carbocycles. The van der Waals surface area contributed by atoms with Crippen LogP contribution in [0.1, 0.15) is 17.7 Å². The van der Waals surface area contributed by atoms with Gasteiger partial charge in [0.15, 0.2) is 0 Å². The third-order valence-corrected chi connectivity index (χ3v) is 5.16. The number of benzene rings is 1. The standard InChI is InChI=1S/C19H18ClNO3S/c20-16-4-2-1-3-15(16)17-9-7-14(25-17)8-10-18(22)21-11-19(23)24-12-13-5-6-13/h1-4,7-10,13H,5-6,11-12H2,(H,21,22)/b10-8+. The maximum absolute atomic E-state index is 11.8. The summed E-state index contributed by atoms with van der Waals surface area (Å²) in [4.78, 5) is 25.2. The molecule has 0 atom stereocenters. The number of thiophene rings is 1. The smallest absolute Gasteiger partial charge is 0.325 e. The van der Waals surface area contributed by atoms with E-state index in [0.29, 0.717) is 17.5 Å². The van der Waals surface area contributed by atoms with E-state index < -0.39 is 5.97 Å². The summed E-state index contributed by atoms with van der Waals surface area (Å²) in [7, 11) is 0. The van der Waals surface area contributed by atoms with Crippen molar-refractivity contribution >= 4 is 40.9 Å². The highest BCUT2D eigenvalue weighted by molar-refractivity contribution is 7.16. The zero-order valence-electron chi connectivity index (χ0n) is 13.5. The van der Waals surface area contributed by atoms with Gasteiger partial charge in [-0.3, -0.25) is 9.59 Å². The van der Waals surface area contributed by atoms with Crippen LogP contribution in [0.25, 0.3) is 16.5 Å². The first kappa shape index (κ1) is 17.7. The van der Waals surface area contributed by atoms with E-state index in [9.17, 15) is 9.59 Å². The van der Waals surface area contributed by atoms with E-state index in [2.05, 4.69) is 5.32 Å². The Labute approximate surface area is 155 Å². The first-order valence-corrected chi connectivity index (χ1v) is 9.27. The molecule has 1 aliphatic carbocycles. The van der Waals surface area contributed by atoms with Gasteiger partial charge in [-0.15, -0.1) is 11.3 Å². The monoisotopic (exact) mass is 375 g/mol. The van der Waals surface area contributed by atoms with Crippen LogP contribution in [0.4, 0.5) is 0 Å². The van der Waals surface area contributed by atoms with E-state index in [1.807, 2.05) is 36.4 Å². The minimum atomic E-state index is -0.397. The Balaban J connectivity index is 1.49. The molecule has 0 bridgehead atoms. The fourth-order valence-corrected chi connectivity index (χ4v) is 3.41. The molecule has 1 aliphatic rings. The van der Waals surface area contributed by atoms with Gasteiger partial charge in [-0.1, -0.05) is 29.8 Å². The first-order valence-electron chi connectivity index (χ1n) is 8.08. The molecule has 1 N–H and O–H groups in total. The molecular weight excluding hydrogens is 358 g/mol. The topological polar surface area (TPSA) is 55.4 Å². The van der Waals surface area contributed by atoms with Crippen LogP contribution in [-0.4, -0.2) is 25.0 Å². The average molecular weight is 376 g/mol. The number of carbonyl (C=O) groups is 2. The molecule has 1 aromatic heterocycles. The summed E-state index contributed by atoms with van der Waals surface area (Å²) in [6.45, 7) is 0.357. The maximum atomic E-state index is 11.8. The molecule has 130 valence electrons. The van der Waals surface area contributed by atoms with Crippen LogP contribution in [0.2, 0.25) is 5.02 Å². The molecule has 0 aliphatic heterocycles. The van der Waals surface area contributed by atoms with Crippen molar-refractivity contribution in [3.63, 3.8) is 0 Å². The van der Waals surface area contributed by atoms with Crippen LogP contribution in [0.15, 0.2) is 42.5 Å². The highest BCUT2D eigenvalue weighted by Crippen LogP contribution is 2.33. The Bertz CT molecular complexity index is 795. The molecule has 3 rings (SSSR count). The number of halogens is 1. The van der Waals surface area contributed by atoms with Crippen LogP contribution >= 0.6 is 22.9 Å². The first-order chi connectivity index (χ1) is 12.1. The number of ether oxygens (including phenoxy) is 1. The number of hydrogen-bond donors (Lipinski definition) is 1. The van der Waals surface area contributed by atoms with E-state index >= 15 is 0 Å². The van der Waals surface area contributed by atoms with Gasteiger partial charge in [0.25, 0.3) is 0 Å². The molecule has 0 spiro atoms. The summed E-state index contributed by atoms with van der Waals surface area (Å²) in [5.41, 5.74) is 0.969. The Morgan fingerprint density at radius 3 is 2.80 bits per heavy atom. The Kier molecular flexibility index (Phi) is 5.89. The molecular formula is C19H18ClNO3S. The van der Waals surface area contributed by atoms with Gasteiger partial charge in [0.2, 0.25) is 5.91 Å². The van der Waals surface area contributed by atoms with E-state index in [1.54, 1.807) is 17.4 Å². The van der Waals surface area contributed by atoms with Crippen LogP contribution in [-0.2, 0) is 14.3 Å². The number of amides is 1. The van der Waals surface area contributed by atoms with Gasteiger partial charge >= 0.3 is 5.97 Å². The van der Waals surface area contributed by atoms with Gasteiger partial charge < -0.3 is 10.1 Å². The lowest BCUT2D eigenvalue weighted by molar-refractivity contribution is -0.144. The summed E-state index contributed by atoms with van der Waals surface area (Å²) in [6.07, 6.45) is 5.38. The molecule has 1 heterocycles. The van der Waals surface area contributed by atoms with Crippen molar-refractivity contribution in [2.45, 2.75) is 12.8 Å². The lowest BCUT2D eigenvalue weighted by Gasteiger charge is -2.03. The van der Waals surface area contributed by atoms with Gasteiger partial charge in [-0.2, -0.15) is 0 Å². The maximum Gasteiger partial charge on any atom is 0.325 e. The zero-order chi connectivity index (χ0) is 17.6. The van der Waals surface area contributed by atoms with Crippen molar-refractivity contribution in [2.75, 3.05) is 13.2 Å². The number of esters is 1. The summed E-state index contributed by atoms with van der Waals surface area (Å²) >= 11 is 7.74. The van der Waals surface area contributed by atoms with Gasteiger partial charge in [-0.25, -0.2) is 0 Å². The third-order valence-electron chi connectivity index (χ3n) is 3.75. The normalized spacial score (nSPS) is 13.8. The van der Waals surface area contributed by atoms with Crippen molar-refractivity contribution in [3.8, 4) is 10.4 Å². The quantitative estimate of drug-likeness (QED) is 0.584. The second kappa shape index (κ2) is 8.32. The van der Waals surface area contributed by atoms with E-state index in [0.717, 1.165) is 28.2 Å². The van der Waals surface area contributed by atoms with Gasteiger partial charge in [-0.05, 0) is 43.0 Å². The second-order valence-electron chi connectivity index (χ2n) is 5.86. The molecule has 0 radical (unpaired) electrons. The fourth-order valence-electron chi connectivity index (χ4n) is 2.17. The second-order valence-corrected chi connectivity index (χ2v) is 7.38. The molecule has 25 heavy (non-hydrogen) atoms. The molecule has 0 unspecified atom stereocenters. The van der Waals surface area contributed by atoms with Crippen molar-refractivity contribution < 1.29 is 14.3 Å². The Hall–Kier alpha value is -2.11. The average Bonchev–Trinajstić information content (AvgIpc) is 3.33. The van der Waals surface area contributed by atoms with E-state index in [1.165, 1.54) is 6.08 Å². The summed E-state index contributed by atoms with van der Waals surface area (Å²) in [5, 5.41) is 3.22. The SMILES string of the molecule is O=C(/C=C/c1ccc(-c2ccccc2Cl)s1)NCC(=O)OCC1CC1. The largest absolute Gasteiger partial charge is 0.464 e. The van der Waals surface area contributed by atoms with Crippen molar-refractivity contribution in [1.82, 2.24) is 5.32 Å². The van der Waals surface area contributed by atoms with E-state index in [4.69, 9.17) is 16.3 Å². The Morgan fingerprint density at radius 1 is 1.24 bits per heavy atom. The third kappa shape index (κ3) is 5.44. The van der Waals surface area contributed by atoms with Crippen molar-refractivity contribution in [3.05, 3.63) is 52.4 Å². The number of nitrogens with one attached hydrogen (secondary N) is 1. The van der Waals surface area contributed by atoms with Gasteiger partial charge in [0.05, 0.1) is 6.61 Å². The highest BCUT2D eigenvalue weighted by Gasteiger charge is 2.22. The van der Waals surface area contributed by atoms with Gasteiger partial charge in [0.1, 0.15) is 6.54 Å². The lowest BCUT2D eigenvalue weighted by atomic mass is 10.2. The highest BCUT2D eigenvalue weighted by atomic mass is 35.5. The predicted octanol–water partition coefficient (Wildman–Crippen LogP) is 4.15.